The van der Waals surface area contributed by atoms with E-state index in [1.165, 1.54) is 12.1 Å². The zero-order valence-electron chi connectivity index (χ0n) is 10.8. The van der Waals surface area contributed by atoms with Gasteiger partial charge < -0.3 is 15.3 Å². The Morgan fingerprint density at radius 3 is 1.55 bits per heavy atom. The van der Waals surface area contributed by atoms with Gasteiger partial charge in [0, 0.05) is 21.6 Å². The van der Waals surface area contributed by atoms with E-state index in [4.69, 9.17) is 38.5 Å². The monoisotopic (exact) mass is 322 g/mol. The van der Waals surface area contributed by atoms with Crippen molar-refractivity contribution in [2.75, 3.05) is 19.8 Å². The van der Waals surface area contributed by atoms with Gasteiger partial charge in [0.2, 0.25) is 0 Å². The minimum atomic E-state index is -0.708. The fourth-order valence-electron chi connectivity index (χ4n) is 0.954. The topological polar surface area (TPSA) is 94.8 Å². The summed E-state index contributed by atoms with van der Waals surface area (Å²) in [6.45, 7) is 1.06. The van der Waals surface area contributed by atoms with Gasteiger partial charge in [-0.05, 0) is 12.1 Å². The average molecular weight is 323 g/mol. The highest BCUT2D eigenvalue weighted by Gasteiger charge is 2.20. The van der Waals surface area contributed by atoms with Crippen LogP contribution in [0.1, 0.15) is 27.6 Å². The van der Waals surface area contributed by atoms with Crippen LogP contribution in [-0.4, -0.2) is 47.7 Å². The van der Waals surface area contributed by atoms with Crippen LogP contribution in [0.5, 0.6) is 0 Å². The molecule has 0 unspecified atom stereocenters. The van der Waals surface area contributed by atoms with Crippen LogP contribution in [0.2, 0.25) is 10.0 Å². The maximum atomic E-state index is 10.4. The first-order chi connectivity index (χ1) is 9.37. The van der Waals surface area contributed by atoms with Gasteiger partial charge >= 0.3 is 0 Å². The SMILES string of the molecule is CC(CO)(CO)CO.O=Cc1cc(Cl)cc(C=O)c1Cl. The fourth-order valence-corrected chi connectivity index (χ4v) is 1.39. The van der Waals surface area contributed by atoms with Crippen molar-refractivity contribution < 1.29 is 24.9 Å². The van der Waals surface area contributed by atoms with Crippen LogP contribution in [-0.2, 0) is 0 Å². The Balaban J connectivity index is 0.000000396. The number of rotatable bonds is 5. The Morgan fingerprint density at radius 1 is 1.00 bits per heavy atom. The van der Waals surface area contributed by atoms with E-state index in [1.54, 1.807) is 6.92 Å². The minimum absolute atomic E-state index is 0.143. The average Bonchev–Trinajstić information content (AvgIpc) is 2.48. The molecule has 5 nitrogen and oxygen atoms in total. The van der Waals surface area contributed by atoms with Gasteiger partial charge in [0.15, 0.2) is 12.6 Å². The minimum Gasteiger partial charge on any atom is -0.396 e. The molecular weight excluding hydrogens is 307 g/mol. The molecule has 0 aromatic heterocycles. The molecule has 0 aliphatic carbocycles. The van der Waals surface area contributed by atoms with Crippen LogP contribution in [0.15, 0.2) is 12.1 Å². The molecule has 3 N–H and O–H groups in total. The first-order valence-corrected chi connectivity index (χ1v) is 6.35. The predicted octanol–water partition coefficient (Wildman–Crippen LogP) is 1.59. The lowest BCUT2D eigenvalue weighted by atomic mass is 9.95. The summed E-state index contributed by atoms with van der Waals surface area (Å²) in [7, 11) is 0. The molecule has 0 bridgehead atoms. The van der Waals surface area contributed by atoms with Crippen molar-refractivity contribution in [2.24, 2.45) is 5.41 Å². The molecule has 0 aliphatic heterocycles. The van der Waals surface area contributed by atoms with E-state index in [1.807, 2.05) is 0 Å². The third-order valence-corrected chi connectivity index (χ3v) is 3.15. The van der Waals surface area contributed by atoms with Gasteiger partial charge in [-0.3, -0.25) is 9.59 Å². The lowest BCUT2D eigenvalue weighted by Gasteiger charge is -2.20. The van der Waals surface area contributed by atoms with Crippen LogP contribution in [0.3, 0.4) is 0 Å². The van der Waals surface area contributed by atoms with E-state index < -0.39 is 5.41 Å². The number of carbonyl (C=O) groups is 2. The third kappa shape index (κ3) is 5.56. The Bertz CT molecular complexity index is 421. The van der Waals surface area contributed by atoms with Gasteiger partial charge in [-0.2, -0.15) is 0 Å². The number of hydrogen-bond acceptors (Lipinski definition) is 5. The first-order valence-electron chi connectivity index (χ1n) is 5.59. The lowest BCUT2D eigenvalue weighted by Crippen LogP contribution is -2.29. The Kier molecular flexibility index (Phi) is 8.60. The van der Waals surface area contributed by atoms with Crippen LogP contribution < -0.4 is 0 Å². The van der Waals surface area contributed by atoms with E-state index in [2.05, 4.69) is 0 Å². The molecule has 1 aromatic rings. The Hall–Kier alpha value is -0.980. The van der Waals surface area contributed by atoms with Crippen LogP contribution in [0.25, 0.3) is 0 Å². The lowest BCUT2D eigenvalue weighted by molar-refractivity contribution is 0.0200. The maximum absolute atomic E-state index is 10.4. The highest BCUT2D eigenvalue weighted by atomic mass is 35.5. The number of hydrogen-bond donors (Lipinski definition) is 3. The molecule has 0 spiro atoms. The molecule has 0 aliphatic rings. The number of aliphatic hydroxyl groups is 3. The standard InChI is InChI=1S/C8H4Cl2O2.C5H12O3/c9-7-1-5(3-11)8(10)6(2-7)4-12;1-5(2-6,3-7)4-8/h1-4H;6-8H,2-4H2,1H3. The predicted molar refractivity (Wildman–Crippen MR) is 76.6 cm³/mol. The fraction of sp³-hybridized carbons (Fsp3) is 0.385. The van der Waals surface area contributed by atoms with Gasteiger partial charge in [0.1, 0.15) is 0 Å². The molecule has 20 heavy (non-hydrogen) atoms. The summed E-state index contributed by atoms with van der Waals surface area (Å²) in [4.78, 5) is 20.8. The van der Waals surface area contributed by atoms with E-state index in [9.17, 15) is 9.59 Å². The van der Waals surface area contributed by atoms with Crippen LogP contribution >= 0.6 is 23.2 Å². The molecular formula is C13H16Cl2O5. The first kappa shape index (κ1) is 19.0. The highest BCUT2D eigenvalue weighted by Crippen LogP contribution is 2.23. The van der Waals surface area contributed by atoms with E-state index in [-0.39, 0.29) is 36.0 Å². The zero-order chi connectivity index (χ0) is 15.8. The summed E-state index contributed by atoms with van der Waals surface area (Å²) in [6.07, 6.45) is 1.11. The third-order valence-electron chi connectivity index (χ3n) is 2.49. The van der Waals surface area contributed by atoms with Crippen LogP contribution in [0, 0.1) is 5.41 Å². The van der Waals surface area contributed by atoms with Crippen molar-refractivity contribution in [2.45, 2.75) is 6.92 Å². The van der Waals surface area contributed by atoms with E-state index >= 15 is 0 Å². The summed E-state index contributed by atoms with van der Waals surface area (Å²) in [5.41, 5.74) is -0.252. The number of benzene rings is 1. The largest absolute Gasteiger partial charge is 0.396 e. The van der Waals surface area contributed by atoms with Crippen LogP contribution in [0.4, 0.5) is 0 Å². The molecule has 0 fully saturated rings. The summed E-state index contributed by atoms with van der Waals surface area (Å²) >= 11 is 11.3. The summed E-state index contributed by atoms with van der Waals surface area (Å²) in [5, 5.41) is 25.9. The molecule has 0 heterocycles. The molecule has 0 saturated carbocycles. The number of carbonyl (C=O) groups excluding carboxylic acids is 2. The van der Waals surface area contributed by atoms with E-state index in [0.717, 1.165) is 0 Å². The second kappa shape index (κ2) is 9.05. The van der Waals surface area contributed by atoms with Gasteiger partial charge in [0.25, 0.3) is 0 Å². The van der Waals surface area contributed by atoms with Gasteiger partial charge in [-0.1, -0.05) is 30.1 Å². The molecule has 7 heteroatoms. The second-order valence-corrected chi connectivity index (χ2v) is 5.23. The quantitative estimate of drug-likeness (QED) is 0.715. The molecule has 112 valence electrons. The van der Waals surface area contributed by atoms with Gasteiger partial charge in [-0.15, -0.1) is 0 Å². The molecule has 0 amide bonds. The second-order valence-electron chi connectivity index (χ2n) is 4.42. The number of aldehydes is 2. The Morgan fingerprint density at radius 2 is 1.35 bits per heavy atom. The molecule has 0 radical (unpaired) electrons. The van der Waals surface area contributed by atoms with Crippen molar-refractivity contribution in [3.63, 3.8) is 0 Å². The van der Waals surface area contributed by atoms with Crippen molar-refractivity contribution in [1.82, 2.24) is 0 Å². The smallest absolute Gasteiger partial charge is 0.151 e. The molecule has 0 atom stereocenters. The molecule has 1 rings (SSSR count). The number of aliphatic hydroxyl groups excluding tert-OH is 3. The summed E-state index contributed by atoms with van der Waals surface area (Å²) in [5.74, 6) is 0. The summed E-state index contributed by atoms with van der Waals surface area (Å²) in [6, 6.07) is 2.81. The summed E-state index contributed by atoms with van der Waals surface area (Å²) < 4.78 is 0. The van der Waals surface area contributed by atoms with Crippen molar-refractivity contribution >= 4 is 35.8 Å². The Labute approximate surface area is 126 Å². The van der Waals surface area contributed by atoms with Crippen molar-refractivity contribution in [3.05, 3.63) is 33.3 Å². The van der Waals surface area contributed by atoms with Gasteiger partial charge in [-0.25, -0.2) is 0 Å². The normalized spacial score (nSPS) is 10.5. The highest BCUT2D eigenvalue weighted by molar-refractivity contribution is 6.37. The maximum Gasteiger partial charge on any atom is 0.151 e. The molecule has 1 aromatic carbocycles. The zero-order valence-corrected chi connectivity index (χ0v) is 12.4. The van der Waals surface area contributed by atoms with E-state index in [0.29, 0.717) is 17.6 Å². The van der Waals surface area contributed by atoms with Crippen molar-refractivity contribution in [1.29, 1.82) is 0 Å². The van der Waals surface area contributed by atoms with Gasteiger partial charge in [0.05, 0.1) is 24.8 Å². The molecule has 0 saturated heterocycles. The van der Waals surface area contributed by atoms with Crippen molar-refractivity contribution in [3.8, 4) is 0 Å². The number of halogens is 2.